The van der Waals surface area contributed by atoms with Gasteiger partial charge in [0.05, 0.1) is 6.04 Å². The zero-order valence-electron chi connectivity index (χ0n) is 11.3. The van der Waals surface area contributed by atoms with Gasteiger partial charge in [-0.25, -0.2) is 0 Å². The Bertz CT molecular complexity index is 524. The molecule has 20 heavy (non-hydrogen) atoms. The van der Waals surface area contributed by atoms with Crippen molar-refractivity contribution in [2.75, 3.05) is 19.7 Å². The molecule has 0 spiro atoms. The second-order valence-electron chi connectivity index (χ2n) is 5.29. The molecular weight excluding hydrogens is 256 g/mol. The van der Waals surface area contributed by atoms with Crippen LogP contribution in [-0.4, -0.2) is 42.5 Å². The lowest BCUT2D eigenvalue weighted by Crippen LogP contribution is -2.49. The van der Waals surface area contributed by atoms with Crippen LogP contribution < -0.4 is 10.1 Å². The van der Waals surface area contributed by atoms with E-state index in [2.05, 4.69) is 5.32 Å². The van der Waals surface area contributed by atoms with Crippen LogP contribution in [0.15, 0.2) is 24.3 Å². The van der Waals surface area contributed by atoms with Crippen molar-refractivity contribution in [2.45, 2.75) is 25.3 Å². The number of para-hydroxylation sites is 1. The number of nitrogens with zero attached hydrogens (tertiary/aromatic N) is 1. The van der Waals surface area contributed by atoms with Gasteiger partial charge in [-0.05, 0) is 30.9 Å². The maximum Gasteiger partial charge on any atom is 0.311 e. The third kappa shape index (κ3) is 2.61. The van der Waals surface area contributed by atoms with Crippen molar-refractivity contribution >= 4 is 11.8 Å². The van der Waals surface area contributed by atoms with Gasteiger partial charge in [0.2, 0.25) is 0 Å². The van der Waals surface area contributed by atoms with E-state index in [0.29, 0.717) is 26.1 Å². The van der Waals surface area contributed by atoms with Gasteiger partial charge in [0.1, 0.15) is 12.4 Å². The molecule has 3 rings (SSSR count). The van der Waals surface area contributed by atoms with Crippen molar-refractivity contribution in [3.63, 3.8) is 0 Å². The van der Waals surface area contributed by atoms with E-state index in [0.717, 1.165) is 24.2 Å². The minimum Gasteiger partial charge on any atom is -0.491 e. The lowest BCUT2D eigenvalue weighted by atomic mass is 10.0. The molecule has 0 aromatic heterocycles. The van der Waals surface area contributed by atoms with Gasteiger partial charge in [0, 0.05) is 13.1 Å². The molecule has 106 valence electrons. The molecule has 1 atom stereocenters. The smallest absolute Gasteiger partial charge is 0.311 e. The number of carbonyl (C=O) groups is 2. The Labute approximate surface area is 117 Å². The maximum absolute atomic E-state index is 12.0. The van der Waals surface area contributed by atoms with E-state index in [9.17, 15) is 9.59 Å². The average molecular weight is 274 g/mol. The van der Waals surface area contributed by atoms with Crippen molar-refractivity contribution in [1.82, 2.24) is 10.2 Å². The van der Waals surface area contributed by atoms with Gasteiger partial charge in [-0.2, -0.15) is 0 Å². The zero-order chi connectivity index (χ0) is 13.9. The summed E-state index contributed by atoms with van der Waals surface area (Å²) in [5.41, 5.74) is 1.07. The lowest BCUT2D eigenvalue weighted by Gasteiger charge is -2.26. The Morgan fingerprint density at radius 2 is 1.95 bits per heavy atom. The zero-order valence-corrected chi connectivity index (χ0v) is 11.3. The van der Waals surface area contributed by atoms with E-state index < -0.39 is 11.8 Å². The molecule has 1 aromatic carbocycles. The number of amides is 2. The fourth-order valence-corrected chi connectivity index (χ4v) is 2.73. The molecule has 2 aliphatic rings. The average Bonchev–Trinajstić information content (AvgIpc) is 3.00. The van der Waals surface area contributed by atoms with Crippen LogP contribution >= 0.6 is 0 Å². The van der Waals surface area contributed by atoms with Crippen molar-refractivity contribution in [3.05, 3.63) is 29.8 Å². The predicted octanol–water partition coefficient (Wildman–Crippen LogP) is 0.729. The summed E-state index contributed by atoms with van der Waals surface area (Å²) in [5, 5.41) is 2.78. The van der Waals surface area contributed by atoms with Gasteiger partial charge in [-0.3, -0.25) is 9.59 Å². The van der Waals surface area contributed by atoms with Crippen LogP contribution in [0.2, 0.25) is 0 Å². The fraction of sp³-hybridized carbons (Fsp3) is 0.467. The molecule has 1 unspecified atom stereocenters. The van der Waals surface area contributed by atoms with E-state index in [1.807, 2.05) is 24.3 Å². The second-order valence-corrected chi connectivity index (χ2v) is 5.29. The maximum atomic E-state index is 12.0. The molecule has 1 saturated heterocycles. The Kier molecular flexibility index (Phi) is 3.58. The SMILES string of the molecule is O=C(NC1COc2ccccc2C1)C(=O)N1CCCC1. The summed E-state index contributed by atoms with van der Waals surface area (Å²) in [6.07, 6.45) is 2.67. The molecule has 1 aromatic rings. The molecule has 2 aliphatic heterocycles. The van der Waals surface area contributed by atoms with Gasteiger partial charge >= 0.3 is 11.8 Å². The first-order chi connectivity index (χ1) is 9.74. The second kappa shape index (κ2) is 5.53. The number of hydrogen-bond donors (Lipinski definition) is 1. The summed E-state index contributed by atoms with van der Waals surface area (Å²) in [4.78, 5) is 25.5. The number of hydrogen-bond acceptors (Lipinski definition) is 3. The third-order valence-electron chi connectivity index (χ3n) is 3.80. The highest BCUT2D eigenvalue weighted by Crippen LogP contribution is 2.23. The quantitative estimate of drug-likeness (QED) is 0.768. The monoisotopic (exact) mass is 274 g/mol. The third-order valence-corrected chi connectivity index (χ3v) is 3.80. The molecule has 0 radical (unpaired) electrons. The predicted molar refractivity (Wildman–Crippen MR) is 73.4 cm³/mol. The number of rotatable bonds is 1. The largest absolute Gasteiger partial charge is 0.491 e. The minimum atomic E-state index is -0.514. The van der Waals surface area contributed by atoms with Crippen LogP contribution in [0.25, 0.3) is 0 Å². The Balaban J connectivity index is 1.59. The van der Waals surface area contributed by atoms with Gasteiger partial charge in [-0.1, -0.05) is 18.2 Å². The Morgan fingerprint density at radius 3 is 2.75 bits per heavy atom. The number of fused-ring (bicyclic) bond motifs is 1. The summed E-state index contributed by atoms with van der Waals surface area (Å²) < 4.78 is 5.60. The molecule has 2 heterocycles. The summed E-state index contributed by atoms with van der Waals surface area (Å²) in [5.74, 6) is -0.0647. The van der Waals surface area contributed by atoms with Crippen LogP contribution in [0.3, 0.4) is 0 Å². The van der Waals surface area contributed by atoms with Gasteiger partial charge in [0.25, 0.3) is 0 Å². The fourth-order valence-electron chi connectivity index (χ4n) is 2.73. The minimum absolute atomic E-state index is 0.135. The molecular formula is C15H18N2O3. The van der Waals surface area contributed by atoms with Gasteiger partial charge in [0.15, 0.2) is 0 Å². The first-order valence-electron chi connectivity index (χ1n) is 7.04. The summed E-state index contributed by atoms with van der Waals surface area (Å²) in [6, 6.07) is 7.64. The molecule has 0 aliphatic carbocycles. The number of benzene rings is 1. The first-order valence-corrected chi connectivity index (χ1v) is 7.04. The first kappa shape index (κ1) is 13.0. The van der Waals surface area contributed by atoms with Gasteiger partial charge in [-0.15, -0.1) is 0 Å². The van der Waals surface area contributed by atoms with E-state index in [-0.39, 0.29) is 6.04 Å². The van der Waals surface area contributed by atoms with Crippen LogP contribution in [0.1, 0.15) is 18.4 Å². The lowest BCUT2D eigenvalue weighted by molar-refractivity contribution is -0.145. The van der Waals surface area contributed by atoms with E-state index in [1.165, 1.54) is 0 Å². The molecule has 0 bridgehead atoms. The number of ether oxygens (including phenoxy) is 1. The highest BCUT2D eigenvalue weighted by Gasteiger charge is 2.28. The van der Waals surface area contributed by atoms with E-state index in [1.54, 1.807) is 4.90 Å². The highest BCUT2D eigenvalue weighted by molar-refractivity contribution is 6.35. The summed E-state index contributed by atoms with van der Waals surface area (Å²) in [6.45, 7) is 1.79. The number of likely N-dealkylation sites (tertiary alicyclic amines) is 1. The van der Waals surface area contributed by atoms with Crippen molar-refractivity contribution in [3.8, 4) is 5.75 Å². The molecule has 2 amide bonds. The molecule has 0 saturated carbocycles. The van der Waals surface area contributed by atoms with Crippen molar-refractivity contribution < 1.29 is 14.3 Å². The molecule has 5 heteroatoms. The van der Waals surface area contributed by atoms with Crippen LogP contribution in [0, 0.1) is 0 Å². The van der Waals surface area contributed by atoms with Crippen molar-refractivity contribution in [1.29, 1.82) is 0 Å². The van der Waals surface area contributed by atoms with E-state index in [4.69, 9.17) is 4.74 Å². The van der Waals surface area contributed by atoms with Crippen molar-refractivity contribution in [2.24, 2.45) is 0 Å². The normalized spacial score (nSPS) is 21.0. The molecule has 1 N–H and O–H groups in total. The highest BCUT2D eigenvalue weighted by atomic mass is 16.5. The van der Waals surface area contributed by atoms with Crippen LogP contribution in [-0.2, 0) is 16.0 Å². The summed E-state index contributed by atoms with van der Waals surface area (Å²) in [7, 11) is 0. The van der Waals surface area contributed by atoms with E-state index >= 15 is 0 Å². The molecule has 5 nitrogen and oxygen atoms in total. The van der Waals surface area contributed by atoms with Gasteiger partial charge < -0.3 is 15.0 Å². The number of nitrogens with one attached hydrogen (secondary N) is 1. The molecule has 1 fully saturated rings. The van der Waals surface area contributed by atoms with Crippen LogP contribution in [0.4, 0.5) is 0 Å². The Morgan fingerprint density at radius 1 is 1.20 bits per heavy atom. The Hall–Kier alpha value is -2.04. The standard InChI is InChI=1S/C15H18N2O3/c18-14(15(19)17-7-3-4-8-17)16-12-9-11-5-1-2-6-13(11)20-10-12/h1-2,5-6,12H,3-4,7-10H2,(H,16,18). The topological polar surface area (TPSA) is 58.6 Å². The van der Waals surface area contributed by atoms with Crippen LogP contribution in [0.5, 0.6) is 5.75 Å². The number of carbonyl (C=O) groups excluding carboxylic acids is 2. The summed E-state index contributed by atoms with van der Waals surface area (Å²) >= 11 is 0.